The molecule has 2 N–H and O–H groups in total. The number of hydrogen-bond acceptors (Lipinski definition) is 8. The fraction of sp³-hybridized carbons (Fsp3) is 0.292. The molecule has 3 heterocycles. The number of aryl methyl sites for hydroxylation is 1. The number of nitrogens with one attached hydrogen (secondary N) is 2. The molecule has 0 aliphatic carbocycles. The van der Waals surface area contributed by atoms with Crippen LogP contribution in [-0.2, 0) is 16.1 Å². The molecule has 1 aliphatic rings. The predicted octanol–water partition coefficient (Wildman–Crippen LogP) is 2.50. The second kappa shape index (κ2) is 11.1. The van der Waals surface area contributed by atoms with E-state index in [1.165, 1.54) is 6.33 Å². The van der Waals surface area contributed by atoms with Gasteiger partial charge in [-0.1, -0.05) is 30.3 Å². The summed E-state index contributed by atoms with van der Waals surface area (Å²) in [5.74, 6) is 2.00. The van der Waals surface area contributed by atoms with Crippen molar-refractivity contribution in [2.24, 2.45) is 0 Å². The molecule has 10 nitrogen and oxygen atoms in total. The highest BCUT2D eigenvalue weighted by Crippen LogP contribution is 2.19. The molecule has 0 spiro atoms. The monoisotopic (exact) mass is 461 g/mol. The number of pyridine rings is 1. The Morgan fingerprint density at radius 1 is 0.971 bits per heavy atom. The van der Waals surface area contributed by atoms with Gasteiger partial charge in [0.25, 0.3) is 0 Å². The summed E-state index contributed by atoms with van der Waals surface area (Å²) >= 11 is 0. The Bertz CT molecular complexity index is 1120. The molecule has 0 atom stereocenters. The van der Waals surface area contributed by atoms with E-state index >= 15 is 0 Å². The fourth-order valence-electron chi connectivity index (χ4n) is 3.54. The maximum atomic E-state index is 12.5. The highest BCUT2D eigenvalue weighted by Gasteiger charge is 2.22. The predicted molar refractivity (Wildman–Crippen MR) is 128 cm³/mol. The van der Waals surface area contributed by atoms with Crippen LogP contribution in [0.5, 0.6) is 0 Å². The van der Waals surface area contributed by atoms with Crippen LogP contribution in [0.1, 0.15) is 11.1 Å². The normalized spacial score (nSPS) is 13.3. The zero-order valence-corrected chi connectivity index (χ0v) is 19.0. The fourth-order valence-corrected chi connectivity index (χ4v) is 3.54. The molecule has 34 heavy (non-hydrogen) atoms. The summed E-state index contributed by atoms with van der Waals surface area (Å²) in [6.45, 7) is 4.39. The van der Waals surface area contributed by atoms with Gasteiger partial charge in [0.2, 0.25) is 5.91 Å². The van der Waals surface area contributed by atoms with Gasteiger partial charge >= 0.3 is 6.09 Å². The first kappa shape index (κ1) is 23.0. The SMILES string of the molecule is Cc1ccnc(Nc2cc(N3CCN(C(=O)CNC(=O)OCc4ccccc4)CC3)ncn2)c1. The minimum atomic E-state index is -0.611. The van der Waals surface area contributed by atoms with Gasteiger partial charge in [-0.2, -0.15) is 0 Å². The Kier molecular flexibility index (Phi) is 7.49. The number of ether oxygens (including phenoxy) is 1. The Labute approximate surface area is 198 Å². The number of benzene rings is 1. The summed E-state index contributed by atoms with van der Waals surface area (Å²) in [6.07, 6.45) is 2.64. The zero-order chi connectivity index (χ0) is 23.8. The molecule has 0 radical (unpaired) electrons. The van der Waals surface area contributed by atoms with Crippen LogP contribution in [0.3, 0.4) is 0 Å². The molecule has 1 fully saturated rings. The average molecular weight is 462 g/mol. The van der Waals surface area contributed by atoms with E-state index in [1.807, 2.05) is 55.5 Å². The number of nitrogens with zero attached hydrogens (tertiary/aromatic N) is 5. The van der Waals surface area contributed by atoms with E-state index in [0.717, 1.165) is 22.8 Å². The molecule has 3 aromatic rings. The summed E-state index contributed by atoms with van der Waals surface area (Å²) in [5.41, 5.74) is 1.99. The van der Waals surface area contributed by atoms with Crippen LogP contribution < -0.4 is 15.5 Å². The van der Waals surface area contributed by atoms with Crippen LogP contribution >= 0.6 is 0 Å². The summed E-state index contributed by atoms with van der Waals surface area (Å²) < 4.78 is 5.15. The van der Waals surface area contributed by atoms with Crippen molar-refractivity contribution < 1.29 is 14.3 Å². The number of amides is 2. The molecule has 1 aromatic carbocycles. The van der Waals surface area contributed by atoms with E-state index in [4.69, 9.17) is 4.74 Å². The summed E-state index contributed by atoms with van der Waals surface area (Å²) in [4.78, 5) is 41.2. The van der Waals surface area contributed by atoms with Crippen LogP contribution in [0.2, 0.25) is 0 Å². The second-order valence-electron chi connectivity index (χ2n) is 7.89. The number of piperazine rings is 1. The molecule has 1 aliphatic heterocycles. The molecule has 2 aromatic heterocycles. The first-order chi connectivity index (χ1) is 16.6. The number of hydrogen-bond donors (Lipinski definition) is 2. The van der Waals surface area contributed by atoms with Gasteiger partial charge in [-0.3, -0.25) is 4.79 Å². The lowest BCUT2D eigenvalue weighted by Crippen LogP contribution is -2.51. The van der Waals surface area contributed by atoms with Crippen LogP contribution in [-0.4, -0.2) is 64.6 Å². The van der Waals surface area contributed by atoms with Gasteiger partial charge < -0.3 is 25.2 Å². The van der Waals surface area contributed by atoms with Gasteiger partial charge in [0, 0.05) is 38.4 Å². The van der Waals surface area contributed by atoms with Crippen molar-refractivity contribution in [1.29, 1.82) is 0 Å². The van der Waals surface area contributed by atoms with Crippen molar-refractivity contribution in [3.05, 3.63) is 72.2 Å². The first-order valence-electron chi connectivity index (χ1n) is 11.1. The number of carbonyl (C=O) groups is 2. The highest BCUT2D eigenvalue weighted by molar-refractivity contribution is 5.82. The van der Waals surface area contributed by atoms with Gasteiger partial charge in [-0.25, -0.2) is 19.7 Å². The van der Waals surface area contributed by atoms with Crippen molar-refractivity contribution in [3.8, 4) is 0 Å². The summed E-state index contributed by atoms with van der Waals surface area (Å²) in [5, 5.41) is 5.72. The number of carbonyl (C=O) groups excluding carboxylic acids is 2. The van der Waals surface area contributed by atoms with Crippen molar-refractivity contribution in [2.75, 3.05) is 42.9 Å². The Balaban J connectivity index is 1.22. The maximum absolute atomic E-state index is 12.5. The van der Waals surface area contributed by atoms with Gasteiger partial charge in [-0.15, -0.1) is 0 Å². The van der Waals surface area contributed by atoms with Gasteiger partial charge in [0.1, 0.15) is 36.9 Å². The minimum Gasteiger partial charge on any atom is -0.445 e. The van der Waals surface area contributed by atoms with Crippen molar-refractivity contribution in [1.82, 2.24) is 25.2 Å². The van der Waals surface area contributed by atoms with E-state index in [9.17, 15) is 9.59 Å². The summed E-state index contributed by atoms with van der Waals surface area (Å²) in [7, 11) is 0. The molecule has 0 saturated carbocycles. The van der Waals surface area contributed by atoms with Crippen LogP contribution in [0.25, 0.3) is 0 Å². The topological polar surface area (TPSA) is 113 Å². The number of rotatable bonds is 7. The molecule has 2 amide bonds. The van der Waals surface area contributed by atoms with E-state index in [1.54, 1.807) is 11.1 Å². The molecular weight excluding hydrogens is 434 g/mol. The molecule has 0 unspecified atom stereocenters. The van der Waals surface area contributed by atoms with E-state index in [0.29, 0.717) is 32.0 Å². The third-order valence-electron chi connectivity index (χ3n) is 5.38. The van der Waals surface area contributed by atoms with Crippen molar-refractivity contribution in [2.45, 2.75) is 13.5 Å². The lowest BCUT2D eigenvalue weighted by molar-refractivity contribution is -0.130. The molecular formula is C24H27N7O3. The smallest absolute Gasteiger partial charge is 0.407 e. The molecule has 4 rings (SSSR count). The Hall–Kier alpha value is -4.21. The van der Waals surface area contributed by atoms with Gasteiger partial charge in [-0.05, 0) is 30.2 Å². The number of anilines is 3. The Morgan fingerprint density at radius 2 is 1.74 bits per heavy atom. The van der Waals surface area contributed by atoms with Crippen molar-refractivity contribution in [3.63, 3.8) is 0 Å². The molecule has 0 bridgehead atoms. The number of aromatic nitrogens is 3. The van der Waals surface area contributed by atoms with E-state index in [2.05, 4.69) is 30.5 Å². The molecule has 10 heteroatoms. The second-order valence-corrected chi connectivity index (χ2v) is 7.89. The van der Waals surface area contributed by atoms with Gasteiger partial charge in [0.05, 0.1) is 0 Å². The standard InChI is InChI=1S/C24H27N7O3/c1-18-7-8-25-20(13-18)29-21-14-22(28-17-27-21)30-9-11-31(12-10-30)23(32)15-26-24(33)34-16-19-5-3-2-4-6-19/h2-8,13-14,17H,9-12,15-16H2,1H3,(H,26,33)(H,25,27,28,29). The maximum Gasteiger partial charge on any atom is 0.407 e. The molecule has 1 saturated heterocycles. The van der Waals surface area contributed by atoms with Crippen molar-refractivity contribution >= 4 is 29.5 Å². The van der Waals surface area contributed by atoms with E-state index < -0.39 is 6.09 Å². The summed E-state index contributed by atoms with van der Waals surface area (Å²) in [6, 6.07) is 15.1. The van der Waals surface area contributed by atoms with Crippen LogP contribution in [0, 0.1) is 6.92 Å². The quantitative estimate of drug-likeness (QED) is 0.552. The van der Waals surface area contributed by atoms with Crippen LogP contribution in [0.15, 0.2) is 61.1 Å². The highest BCUT2D eigenvalue weighted by atomic mass is 16.5. The lowest BCUT2D eigenvalue weighted by atomic mass is 10.2. The third kappa shape index (κ3) is 6.41. The molecule has 176 valence electrons. The number of alkyl carbamates (subject to hydrolysis) is 1. The van der Waals surface area contributed by atoms with Crippen LogP contribution in [0.4, 0.5) is 22.2 Å². The van der Waals surface area contributed by atoms with E-state index in [-0.39, 0.29) is 19.1 Å². The largest absolute Gasteiger partial charge is 0.445 e. The Morgan fingerprint density at radius 3 is 2.50 bits per heavy atom. The third-order valence-corrected chi connectivity index (χ3v) is 5.38. The minimum absolute atomic E-state index is 0.0985. The van der Waals surface area contributed by atoms with Gasteiger partial charge in [0.15, 0.2) is 0 Å². The zero-order valence-electron chi connectivity index (χ0n) is 19.0. The lowest BCUT2D eigenvalue weighted by Gasteiger charge is -2.35. The first-order valence-corrected chi connectivity index (χ1v) is 11.1. The average Bonchev–Trinajstić information content (AvgIpc) is 2.87.